The third kappa shape index (κ3) is 5.90. The van der Waals surface area contributed by atoms with Gasteiger partial charge in [0.05, 0.1) is 33.5 Å². The Morgan fingerprint density at radius 3 is 1.68 bits per heavy atom. The lowest BCUT2D eigenvalue weighted by molar-refractivity contribution is 0.669. The van der Waals surface area contributed by atoms with Gasteiger partial charge in [-0.15, -0.1) is 0 Å². The Kier molecular flexibility index (Phi) is 9.16. The van der Waals surface area contributed by atoms with Gasteiger partial charge in [0.2, 0.25) is 0 Å². The molecule has 76 heavy (non-hydrogen) atoms. The summed E-state index contributed by atoms with van der Waals surface area (Å²) >= 11 is 0. The van der Waals surface area contributed by atoms with E-state index in [0.717, 1.165) is 77.6 Å². The maximum absolute atomic E-state index is 6.98. The van der Waals surface area contributed by atoms with Crippen molar-refractivity contribution in [3.8, 4) is 27.9 Å². The summed E-state index contributed by atoms with van der Waals surface area (Å²) in [6.07, 6.45) is 0. The van der Waals surface area contributed by atoms with Crippen molar-refractivity contribution >= 4 is 93.1 Å². The maximum atomic E-state index is 6.98. The molecular weight excluding hydrogens is 921 g/mol. The maximum Gasteiger partial charge on any atom is 0.138 e. The smallest absolute Gasteiger partial charge is 0.138 e. The Bertz CT molecular complexity index is 4730. The van der Waals surface area contributed by atoms with E-state index in [2.05, 4.69) is 282 Å². The van der Waals surface area contributed by atoms with E-state index in [4.69, 9.17) is 4.42 Å². The van der Waals surface area contributed by atoms with Gasteiger partial charge >= 0.3 is 0 Å². The topological polar surface area (TPSA) is 21.3 Å². The molecule has 16 rings (SSSR count). The van der Waals surface area contributed by atoms with Crippen molar-refractivity contribution in [3.63, 3.8) is 0 Å². The van der Waals surface area contributed by atoms with Crippen LogP contribution in [0.25, 0.3) is 104 Å². The quantitative estimate of drug-likeness (QED) is 0.148. The molecule has 0 saturated carbocycles. The van der Waals surface area contributed by atoms with Gasteiger partial charge in [0.25, 0.3) is 0 Å². The first-order valence-electron chi connectivity index (χ1n) is 26.1. The van der Waals surface area contributed by atoms with Gasteiger partial charge in [-0.2, -0.15) is 0 Å². The number of rotatable bonds is 7. The van der Waals surface area contributed by atoms with Crippen LogP contribution in [0, 0.1) is 12.1 Å². The molecular formula is C73H44N2O. The molecule has 3 heteroatoms. The molecule has 0 atom stereocenters. The van der Waals surface area contributed by atoms with E-state index in [1.54, 1.807) is 0 Å². The first kappa shape index (κ1) is 42.4. The number of anilines is 3. The highest BCUT2D eigenvalue weighted by molar-refractivity contribution is 6.30. The molecule has 0 bridgehead atoms. The van der Waals surface area contributed by atoms with Crippen LogP contribution in [0.2, 0.25) is 0 Å². The summed E-state index contributed by atoms with van der Waals surface area (Å²) < 4.78 is 9.45. The molecule has 0 saturated heterocycles. The molecule has 1 aliphatic rings. The van der Waals surface area contributed by atoms with Crippen LogP contribution >= 0.6 is 0 Å². The van der Waals surface area contributed by atoms with Gasteiger partial charge in [-0.1, -0.05) is 218 Å². The van der Waals surface area contributed by atoms with Crippen LogP contribution < -0.4 is 4.90 Å². The van der Waals surface area contributed by atoms with Crippen LogP contribution in [0.4, 0.5) is 17.1 Å². The lowest BCUT2D eigenvalue weighted by atomic mass is 9.68. The summed E-state index contributed by atoms with van der Waals surface area (Å²) in [5.74, 6) is 0. The van der Waals surface area contributed by atoms with Crippen molar-refractivity contribution < 1.29 is 4.42 Å². The fraction of sp³-hybridized carbons (Fsp3) is 0.0137. The Balaban J connectivity index is 1.05. The zero-order chi connectivity index (χ0) is 49.9. The summed E-state index contributed by atoms with van der Waals surface area (Å²) in [6.45, 7) is 0. The molecule has 13 aromatic carbocycles. The molecule has 0 fully saturated rings. The molecule has 0 spiro atoms. The molecule has 0 aliphatic heterocycles. The average molecular weight is 965 g/mol. The van der Waals surface area contributed by atoms with Crippen molar-refractivity contribution in [2.75, 3.05) is 4.90 Å². The van der Waals surface area contributed by atoms with Crippen LogP contribution in [0.3, 0.4) is 0 Å². The summed E-state index contributed by atoms with van der Waals surface area (Å²) in [7, 11) is 0. The largest absolute Gasteiger partial charge is 0.456 e. The highest BCUT2D eigenvalue weighted by Crippen LogP contribution is 2.60. The van der Waals surface area contributed by atoms with E-state index in [9.17, 15) is 0 Å². The number of hydrogen-bond acceptors (Lipinski definition) is 2. The number of aromatic nitrogens is 1. The minimum Gasteiger partial charge on any atom is -0.456 e. The SMILES string of the molecule is c1cccc(N(c2cccc3c2-c2ccccc2C3(c2ccccc2)c2ccccc2)c2cccc3c4c(-c5ccc6c7ccccc7c7ccccc7c6c5)c5c(cc4n(-c4ccccc4)c23)oc2ccccc25)c#1. The van der Waals surface area contributed by atoms with Crippen LogP contribution in [0.15, 0.2) is 271 Å². The number of benzene rings is 12. The van der Waals surface area contributed by atoms with Crippen LogP contribution in [-0.4, -0.2) is 4.57 Å². The van der Waals surface area contributed by atoms with Crippen LogP contribution in [0.5, 0.6) is 0 Å². The molecule has 352 valence electrons. The van der Waals surface area contributed by atoms with E-state index >= 15 is 0 Å². The number of fused-ring (bicyclic) bond motifs is 15. The Morgan fingerprint density at radius 1 is 0.395 bits per heavy atom. The Hall–Kier alpha value is -10.1. The summed E-state index contributed by atoms with van der Waals surface area (Å²) in [4.78, 5) is 2.44. The Labute approximate surface area is 439 Å². The fourth-order valence-electron chi connectivity index (χ4n) is 13.3. The van der Waals surface area contributed by atoms with Gasteiger partial charge in [-0.05, 0) is 120 Å². The standard InChI is InChI=1S/C73H44N2O/c1-5-23-48(24-6-1)73(49-25-7-2-8-26-49)61-38-19-17-35-57(61)69-62(73)39-22-40-63(69)74(50-27-9-3-10-28-50)64-41-21-37-59-70-65(75(72(59)64)51-29-11-4-12-30-51)46-67-71(58-36-18-20-42-66(58)76-67)68(70)47-43-44-56-54-33-14-13-31-52(54)53-32-15-16-34-55(53)60(56)45-47/h1-9,11-27,29-46H. The zero-order valence-electron chi connectivity index (χ0n) is 41.2. The number of furan rings is 1. The van der Waals surface area contributed by atoms with Crippen molar-refractivity contribution in [1.82, 2.24) is 4.57 Å². The van der Waals surface area contributed by atoms with Gasteiger partial charge in [0, 0.05) is 44.4 Å². The first-order valence-corrected chi connectivity index (χ1v) is 26.1. The van der Waals surface area contributed by atoms with E-state index in [0.29, 0.717) is 0 Å². The van der Waals surface area contributed by atoms with E-state index in [-0.39, 0.29) is 0 Å². The van der Waals surface area contributed by atoms with E-state index in [1.165, 1.54) is 65.7 Å². The molecule has 2 aromatic heterocycles. The minimum absolute atomic E-state index is 0.586. The molecule has 0 radical (unpaired) electrons. The van der Waals surface area contributed by atoms with Crippen molar-refractivity contribution in [1.29, 1.82) is 0 Å². The first-order chi connectivity index (χ1) is 37.8. The number of para-hydroxylation sites is 3. The molecule has 15 aromatic rings. The summed E-state index contributed by atoms with van der Waals surface area (Å²) in [6, 6.07) is 104. The summed E-state index contributed by atoms with van der Waals surface area (Å²) in [5.41, 5.74) is 16.8. The minimum atomic E-state index is -0.586. The highest BCUT2D eigenvalue weighted by Gasteiger charge is 2.47. The molecule has 1 aliphatic carbocycles. The predicted octanol–water partition coefficient (Wildman–Crippen LogP) is 19.2. The van der Waals surface area contributed by atoms with Gasteiger partial charge in [0.15, 0.2) is 0 Å². The van der Waals surface area contributed by atoms with Gasteiger partial charge in [-0.25, -0.2) is 0 Å². The second-order valence-corrected chi connectivity index (χ2v) is 20.1. The molecule has 2 heterocycles. The van der Waals surface area contributed by atoms with Crippen molar-refractivity contribution in [2.24, 2.45) is 0 Å². The second-order valence-electron chi connectivity index (χ2n) is 20.1. The lowest BCUT2D eigenvalue weighted by Gasteiger charge is -2.34. The van der Waals surface area contributed by atoms with Crippen molar-refractivity contribution in [3.05, 3.63) is 301 Å². The third-order valence-electron chi connectivity index (χ3n) is 16.3. The Morgan fingerprint density at radius 2 is 0.974 bits per heavy atom. The molecule has 0 amide bonds. The van der Waals surface area contributed by atoms with E-state index < -0.39 is 5.41 Å². The van der Waals surface area contributed by atoms with E-state index in [1.807, 2.05) is 6.07 Å². The fourth-order valence-corrected chi connectivity index (χ4v) is 13.3. The van der Waals surface area contributed by atoms with Gasteiger partial charge in [0.1, 0.15) is 11.2 Å². The monoisotopic (exact) mass is 964 g/mol. The lowest BCUT2D eigenvalue weighted by Crippen LogP contribution is -2.28. The molecule has 0 unspecified atom stereocenters. The molecule has 3 nitrogen and oxygen atoms in total. The zero-order valence-corrected chi connectivity index (χ0v) is 41.2. The predicted molar refractivity (Wildman–Crippen MR) is 316 cm³/mol. The number of hydrogen-bond donors (Lipinski definition) is 0. The number of nitrogens with zero attached hydrogens (tertiary/aromatic N) is 2. The van der Waals surface area contributed by atoms with Crippen molar-refractivity contribution in [2.45, 2.75) is 5.41 Å². The van der Waals surface area contributed by atoms with Gasteiger partial charge in [-0.3, -0.25) is 0 Å². The van der Waals surface area contributed by atoms with Crippen LogP contribution in [0.1, 0.15) is 22.3 Å². The van der Waals surface area contributed by atoms with Crippen LogP contribution in [-0.2, 0) is 5.41 Å². The molecule has 0 N–H and O–H groups in total. The second kappa shape index (κ2) is 16.4. The third-order valence-corrected chi connectivity index (χ3v) is 16.3. The highest BCUT2D eigenvalue weighted by atomic mass is 16.3. The van der Waals surface area contributed by atoms with Gasteiger partial charge < -0.3 is 13.9 Å². The normalized spacial score (nSPS) is 12.7. The average Bonchev–Trinajstić information content (AvgIpc) is 4.27. The summed E-state index contributed by atoms with van der Waals surface area (Å²) in [5, 5.41) is 11.9.